The monoisotopic (exact) mass is 422 g/mol. The summed E-state index contributed by atoms with van der Waals surface area (Å²) in [6.07, 6.45) is 1.47. The van der Waals surface area contributed by atoms with Gasteiger partial charge in [0.05, 0.1) is 23.9 Å². The van der Waals surface area contributed by atoms with Crippen molar-refractivity contribution >= 4 is 33.3 Å². The van der Waals surface area contributed by atoms with Crippen molar-refractivity contribution in [3.8, 4) is 16.3 Å². The maximum atomic E-state index is 12.3. The quantitative estimate of drug-likeness (QED) is 0.459. The van der Waals surface area contributed by atoms with Gasteiger partial charge in [-0.3, -0.25) is 10.00 Å². The van der Waals surface area contributed by atoms with Gasteiger partial charge in [-0.15, -0.1) is 0 Å². The standard InChI is InChI=1S/C22H22N4O3S/c1-4-26-12-16-11-15(9-10-18(16)25-26)13-29-22(27)24-20-14(2)23-21(30-20)17-7-5-6-8-19(17)28-3/h5-12H,4,13H2,1-3H3,(H,24,27). The largest absolute Gasteiger partial charge is 0.496 e. The second-order valence-corrected chi connectivity index (χ2v) is 7.71. The van der Waals surface area contributed by atoms with Gasteiger partial charge in [0, 0.05) is 18.1 Å². The SMILES string of the molecule is CCn1cc2cc(COC(=O)Nc3sc(-c4ccccc4OC)nc3C)ccc2n1. The van der Waals surface area contributed by atoms with E-state index in [-0.39, 0.29) is 6.61 Å². The number of ether oxygens (including phenoxy) is 2. The van der Waals surface area contributed by atoms with Crippen molar-refractivity contribution in [2.75, 3.05) is 12.4 Å². The van der Waals surface area contributed by atoms with Crippen molar-refractivity contribution in [2.24, 2.45) is 0 Å². The van der Waals surface area contributed by atoms with E-state index in [2.05, 4.69) is 15.4 Å². The van der Waals surface area contributed by atoms with E-state index in [1.165, 1.54) is 11.3 Å². The van der Waals surface area contributed by atoms with Crippen molar-refractivity contribution in [3.63, 3.8) is 0 Å². The second kappa shape index (κ2) is 8.54. The van der Waals surface area contributed by atoms with E-state index >= 15 is 0 Å². The van der Waals surface area contributed by atoms with Gasteiger partial charge in [0.25, 0.3) is 0 Å². The molecule has 154 valence electrons. The zero-order chi connectivity index (χ0) is 21.1. The van der Waals surface area contributed by atoms with Crippen molar-refractivity contribution < 1.29 is 14.3 Å². The number of rotatable bonds is 6. The van der Waals surface area contributed by atoms with Crippen LogP contribution in [-0.2, 0) is 17.9 Å². The van der Waals surface area contributed by atoms with E-state index in [9.17, 15) is 4.79 Å². The lowest BCUT2D eigenvalue weighted by molar-refractivity contribution is 0.155. The lowest BCUT2D eigenvalue weighted by Gasteiger charge is -2.06. The van der Waals surface area contributed by atoms with Gasteiger partial charge in [0.2, 0.25) is 0 Å². The molecule has 0 aliphatic heterocycles. The topological polar surface area (TPSA) is 78.3 Å². The summed E-state index contributed by atoms with van der Waals surface area (Å²) in [5.41, 5.74) is 3.44. The van der Waals surface area contributed by atoms with E-state index in [1.807, 2.05) is 67.2 Å². The molecule has 1 N–H and O–H groups in total. The van der Waals surface area contributed by atoms with Crippen molar-refractivity contribution in [3.05, 3.63) is 59.9 Å². The van der Waals surface area contributed by atoms with Crippen LogP contribution in [0.2, 0.25) is 0 Å². The Bertz CT molecular complexity index is 1200. The van der Waals surface area contributed by atoms with Gasteiger partial charge in [0.1, 0.15) is 22.4 Å². The highest BCUT2D eigenvalue weighted by atomic mass is 32.1. The highest BCUT2D eigenvalue weighted by molar-refractivity contribution is 7.19. The Balaban J connectivity index is 1.42. The van der Waals surface area contributed by atoms with Crippen LogP contribution in [0.5, 0.6) is 5.75 Å². The molecular weight excluding hydrogens is 400 g/mol. The number of aryl methyl sites for hydroxylation is 2. The Morgan fingerprint density at radius 1 is 1.23 bits per heavy atom. The lowest BCUT2D eigenvalue weighted by Crippen LogP contribution is -2.13. The molecule has 0 spiro atoms. The molecule has 7 nitrogen and oxygen atoms in total. The number of benzene rings is 2. The average molecular weight is 423 g/mol. The number of nitrogens with zero attached hydrogens (tertiary/aromatic N) is 3. The van der Waals surface area contributed by atoms with Crippen molar-refractivity contribution in [1.29, 1.82) is 0 Å². The fraction of sp³-hybridized carbons (Fsp3) is 0.227. The summed E-state index contributed by atoms with van der Waals surface area (Å²) in [6, 6.07) is 13.5. The number of nitrogens with one attached hydrogen (secondary N) is 1. The molecule has 0 saturated carbocycles. The Labute approximate surface area is 178 Å². The number of carbonyl (C=O) groups is 1. The molecule has 0 atom stereocenters. The summed E-state index contributed by atoms with van der Waals surface area (Å²) in [6.45, 7) is 4.88. The van der Waals surface area contributed by atoms with Crippen LogP contribution in [0, 0.1) is 6.92 Å². The molecule has 2 aromatic carbocycles. The third kappa shape index (κ3) is 4.13. The number of methoxy groups -OCH3 is 1. The highest BCUT2D eigenvalue weighted by Gasteiger charge is 2.15. The van der Waals surface area contributed by atoms with Gasteiger partial charge in [-0.25, -0.2) is 9.78 Å². The second-order valence-electron chi connectivity index (χ2n) is 6.71. The third-order valence-electron chi connectivity index (χ3n) is 4.66. The smallest absolute Gasteiger partial charge is 0.412 e. The van der Waals surface area contributed by atoms with E-state index < -0.39 is 6.09 Å². The summed E-state index contributed by atoms with van der Waals surface area (Å²) in [5.74, 6) is 0.738. The molecule has 0 aliphatic carbocycles. The molecule has 0 unspecified atom stereocenters. The summed E-state index contributed by atoms with van der Waals surface area (Å²) in [4.78, 5) is 16.9. The summed E-state index contributed by atoms with van der Waals surface area (Å²) < 4.78 is 12.7. The van der Waals surface area contributed by atoms with Gasteiger partial charge < -0.3 is 9.47 Å². The maximum absolute atomic E-state index is 12.3. The first-order valence-electron chi connectivity index (χ1n) is 9.58. The number of amides is 1. The minimum atomic E-state index is -0.516. The molecule has 2 aromatic heterocycles. The van der Waals surface area contributed by atoms with Gasteiger partial charge in [0.15, 0.2) is 0 Å². The van der Waals surface area contributed by atoms with Crippen LogP contribution < -0.4 is 10.1 Å². The van der Waals surface area contributed by atoms with Crippen LogP contribution in [0.4, 0.5) is 9.80 Å². The average Bonchev–Trinajstić information content (AvgIpc) is 3.34. The molecule has 0 saturated heterocycles. The molecule has 0 bridgehead atoms. The number of anilines is 1. The Kier molecular flexibility index (Phi) is 5.67. The van der Waals surface area contributed by atoms with Crippen LogP contribution in [0.1, 0.15) is 18.2 Å². The first-order valence-corrected chi connectivity index (χ1v) is 10.4. The van der Waals surface area contributed by atoms with Crippen LogP contribution >= 0.6 is 11.3 Å². The Morgan fingerprint density at radius 3 is 2.87 bits per heavy atom. The van der Waals surface area contributed by atoms with Gasteiger partial charge >= 0.3 is 6.09 Å². The van der Waals surface area contributed by atoms with Crippen LogP contribution in [0.3, 0.4) is 0 Å². The van der Waals surface area contributed by atoms with Crippen molar-refractivity contribution in [2.45, 2.75) is 27.0 Å². The Hall–Kier alpha value is -3.39. The fourth-order valence-corrected chi connectivity index (χ4v) is 4.09. The molecule has 0 radical (unpaired) electrons. The number of hydrogen-bond donors (Lipinski definition) is 1. The summed E-state index contributed by atoms with van der Waals surface area (Å²) >= 11 is 1.39. The summed E-state index contributed by atoms with van der Waals surface area (Å²) in [7, 11) is 1.63. The van der Waals surface area contributed by atoms with Gasteiger partial charge in [-0.1, -0.05) is 29.5 Å². The van der Waals surface area contributed by atoms with Crippen molar-refractivity contribution in [1.82, 2.24) is 14.8 Å². The molecule has 4 rings (SSSR count). The van der Waals surface area contributed by atoms with E-state index in [0.29, 0.717) is 5.00 Å². The number of hydrogen-bond acceptors (Lipinski definition) is 6. The minimum Gasteiger partial charge on any atom is -0.496 e. The van der Waals surface area contributed by atoms with E-state index in [4.69, 9.17) is 9.47 Å². The van der Waals surface area contributed by atoms with E-state index in [0.717, 1.165) is 45.0 Å². The zero-order valence-corrected chi connectivity index (χ0v) is 17.8. The third-order valence-corrected chi connectivity index (χ3v) is 5.77. The van der Waals surface area contributed by atoms with E-state index in [1.54, 1.807) is 7.11 Å². The predicted molar refractivity (Wildman–Crippen MR) is 118 cm³/mol. The molecule has 0 fully saturated rings. The molecule has 2 heterocycles. The van der Waals surface area contributed by atoms with Crippen LogP contribution in [0.15, 0.2) is 48.7 Å². The van der Waals surface area contributed by atoms with Gasteiger partial charge in [-0.05, 0) is 43.7 Å². The number of carbonyl (C=O) groups excluding carboxylic acids is 1. The molecular formula is C22H22N4O3S. The Morgan fingerprint density at radius 2 is 2.07 bits per heavy atom. The van der Waals surface area contributed by atoms with Crippen LogP contribution in [0.25, 0.3) is 21.5 Å². The number of aromatic nitrogens is 3. The molecule has 4 aromatic rings. The number of para-hydroxylation sites is 1. The normalized spacial score (nSPS) is 10.9. The first kappa shape index (κ1) is 19.9. The fourth-order valence-electron chi connectivity index (χ4n) is 3.10. The van der Waals surface area contributed by atoms with Crippen LogP contribution in [-0.4, -0.2) is 28.0 Å². The highest BCUT2D eigenvalue weighted by Crippen LogP contribution is 2.36. The molecule has 30 heavy (non-hydrogen) atoms. The van der Waals surface area contributed by atoms with Gasteiger partial charge in [-0.2, -0.15) is 5.10 Å². The summed E-state index contributed by atoms with van der Waals surface area (Å²) in [5, 5.41) is 9.71. The zero-order valence-electron chi connectivity index (χ0n) is 17.0. The number of thiazole rings is 1. The lowest BCUT2D eigenvalue weighted by atomic mass is 10.2. The minimum absolute atomic E-state index is 0.177. The number of fused-ring (bicyclic) bond motifs is 1. The molecule has 0 aliphatic rings. The predicted octanol–water partition coefficient (Wildman–Crippen LogP) is 5.25. The maximum Gasteiger partial charge on any atom is 0.412 e. The first-order chi connectivity index (χ1) is 14.6. The molecule has 8 heteroatoms. The molecule has 1 amide bonds.